The summed E-state index contributed by atoms with van der Waals surface area (Å²) < 4.78 is 86.8. The number of furan rings is 4. The second-order valence-electron chi connectivity index (χ2n) is 20.1. The summed E-state index contributed by atoms with van der Waals surface area (Å²) >= 11 is 14.8. The van der Waals surface area contributed by atoms with Crippen molar-refractivity contribution >= 4 is 56.0 Å². The highest BCUT2D eigenvalue weighted by Gasteiger charge is 2.25. The third-order valence-electron chi connectivity index (χ3n) is 14.1. The van der Waals surface area contributed by atoms with Crippen LogP contribution >= 0.6 is 23.2 Å². The van der Waals surface area contributed by atoms with Gasteiger partial charge < -0.3 is 74.2 Å². The Morgan fingerprint density at radius 3 is 1.02 bits per heavy atom. The summed E-state index contributed by atoms with van der Waals surface area (Å²) in [5.74, 6) is 5.80. The fourth-order valence-electron chi connectivity index (χ4n) is 9.93. The van der Waals surface area contributed by atoms with Crippen LogP contribution in [-0.4, -0.2) is 142 Å². The monoisotopic (exact) mass is 1170 g/mol. The van der Waals surface area contributed by atoms with Crippen LogP contribution in [-0.2, 0) is 73.3 Å². The molecule has 0 atom stereocenters. The number of nitrogens with zero attached hydrogens (tertiary/aromatic N) is 2. The van der Waals surface area contributed by atoms with Crippen LogP contribution in [0.2, 0.25) is 10.0 Å². The third kappa shape index (κ3) is 18.1. The Labute approximate surface area is 492 Å². The zero-order valence-electron chi connectivity index (χ0n) is 48.5. The molecule has 0 aliphatic heterocycles. The van der Waals surface area contributed by atoms with Crippen LogP contribution < -0.4 is 0 Å². The van der Waals surface area contributed by atoms with E-state index in [9.17, 15) is 0 Å². The first-order chi connectivity index (χ1) is 40.4. The number of aromatic nitrogens is 2. The summed E-state index contributed by atoms with van der Waals surface area (Å²) in [6.45, 7) is 13.9. The van der Waals surface area contributed by atoms with E-state index in [4.69, 9.17) is 88.2 Å². The van der Waals surface area contributed by atoms with Crippen molar-refractivity contribution < 1.29 is 65.0 Å². The average molecular weight is 1180 g/mol. The van der Waals surface area contributed by atoms with Crippen molar-refractivity contribution in [3.8, 4) is 45.7 Å². The molecule has 0 fully saturated rings. The minimum Gasteiger partial charge on any atom is -0.458 e. The van der Waals surface area contributed by atoms with E-state index < -0.39 is 0 Å². The van der Waals surface area contributed by atoms with Gasteiger partial charge in [0.2, 0.25) is 0 Å². The van der Waals surface area contributed by atoms with Gasteiger partial charge in [0.1, 0.15) is 23.0 Å². The van der Waals surface area contributed by atoms with E-state index in [0.717, 1.165) is 81.2 Å². The fraction of sp³-hybridized carbons (Fsp3) is 0.531. The highest BCUT2D eigenvalue weighted by molar-refractivity contribution is 6.36. The molecule has 2 aromatic carbocycles. The van der Waals surface area contributed by atoms with E-state index in [1.54, 1.807) is 14.2 Å². The van der Waals surface area contributed by atoms with E-state index in [2.05, 4.69) is 35.1 Å². The van der Waals surface area contributed by atoms with Crippen LogP contribution in [0.3, 0.4) is 0 Å². The van der Waals surface area contributed by atoms with E-state index in [1.807, 2.05) is 60.7 Å². The number of hydrogen-bond acceptors (Lipinski definition) is 14. The SMILES string of the molecule is CCCCCCc1ccc(-c2ccc(-c3cc4c(cc3Cl)c3c(c5cc(Cl)c(-c6ccc(-c7ccc(CCCCCC)o7)o6)cc5n3CCOCCOCCOCCOCCOC)n4CCOCCOCCOCCOCCOC)o2)o1. The molecule has 0 N–H and O–H groups in total. The molecule has 0 bridgehead atoms. The molecule has 0 unspecified atom stereocenters. The van der Waals surface area contributed by atoms with E-state index >= 15 is 0 Å². The normalized spacial score (nSPS) is 12.0. The fourth-order valence-corrected chi connectivity index (χ4v) is 10.4. The molecule has 0 aliphatic carbocycles. The smallest absolute Gasteiger partial charge is 0.170 e. The quantitative estimate of drug-likeness (QED) is 0.0333. The number of fused-ring (bicyclic) bond motifs is 5. The van der Waals surface area contributed by atoms with Crippen LogP contribution in [0.4, 0.5) is 0 Å². The first-order valence-corrected chi connectivity index (χ1v) is 30.1. The molecule has 0 spiro atoms. The van der Waals surface area contributed by atoms with Gasteiger partial charge >= 0.3 is 0 Å². The molecule has 0 radical (unpaired) electrons. The van der Waals surface area contributed by atoms with Crippen LogP contribution in [0.15, 0.2) is 90.5 Å². The van der Waals surface area contributed by atoms with Crippen LogP contribution in [0, 0.1) is 0 Å². The van der Waals surface area contributed by atoms with Gasteiger partial charge in [-0.15, -0.1) is 0 Å². The number of benzene rings is 2. The van der Waals surface area contributed by atoms with Crippen LogP contribution in [0.25, 0.3) is 78.5 Å². The van der Waals surface area contributed by atoms with E-state index in [1.165, 1.54) is 38.5 Å². The molecule has 82 heavy (non-hydrogen) atoms. The zero-order valence-corrected chi connectivity index (χ0v) is 50.0. The van der Waals surface area contributed by atoms with Crippen molar-refractivity contribution in [1.82, 2.24) is 9.13 Å². The number of ether oxygens (including phenoxy) is 10. The lowest BCUT2D eigenvalue weighted by atomic mass is 10.1. The number of halogens is 2. The highest BCUT2D eigenvalue weighted by Crippen LogP contribution is 2.45. The third-order valence-corrected chi connectivity index (χ3v) is 14.8. The van der Waals surface area contributed by atoms with Crippen LogP contribution in [0.5, 0.6) is 0 Å². The molecule has 0 saturated carbocycles. The Morgan fingerprint density at radius 1 is 0.354 bits per heavy atom. The average Bonchev–Trinajstić information content (AvgIpc) is 2.20. The van der Waals surface area contributed by atoms with Crippen LogP contribution in [0.1, 0.15) is 76.7 Å². The Bertz CT molecular complexity index is 2890. The maximum absolute atomic E-state index is 7.39. The Balaban J connectivity index is 1.07. The van der Waals surface area contributed by atoms with Crippen molar-refractivity contribution in [2.75, 3.05) is 133 Å². The van der Waals surface area contributed by atoms with Gasteiger partial charge in [-0.05, 0) is 85.6 Å². The molecule has 6 aromatic heterocycles. The summed E-state index contributed by atoms with van der Waals surface area (Å²) in [6.07, 6.45) is 11.1. The first kappa shape index (κ1) is 63.1. The molecule has 0 amide bonds. The summed E-state index contributed by atoms with van der Waals surface area (Å²) in [6, 6.07) is 24.1. The van der Waals surface area contributed by atoms with Gasteiger partial charge in [-0.1, -0.05) is 75.6 Å². The van der Waals surface area contributed by atoms with Crippen molar-refractivity contribution in [2.24, 2.45) is 0 Å². The minimum absolute atomic E-state index is 0.400. The molecule has 8 rings (SSSR count). The minimum atomic E-state index is 0.400. The highest BCUT2D eigenvalue weighted by atomic mass is 35.5. The molecule has 0 saturated heterocycles. The zero-order chi connectivity index (χ0) is 57.1. The van der Waals surface area contributed by atoms with Gasteiger partial charge in [-0.25, -0.2) is 0 Å². The Kier molecular flexibility index (Phi) is 26.8. The van der Waals surface area contributed by atoms with E-state index in [0.29, 0.717) is 177 Å². The van der Waals surface area contributed by atoms with E-state index in [-0.39, 0.29) is 0 Å². The molecule has 16 nitrogen and oxygen atoms in total. The van der Waals surface area contributed by atoms with Crippen molar-refractivity contribution in [1.29, 1.82) is 0 Å². The molecule has 8 aromatic rings. The number of rotatable bonds is 44. The summed E-state index contributed by atoms with van der Waals surface area (Å²) in [4.78, 5) is 0. The lowest BCUT2D eigenvalue weighted by Crippen LogP contribution is -2.14. The van der Waals surface area contributed by atoms with Gasteiger partial charge in [0, 0.05) is 62.1 Å². The standard InChI is InChI=1S/C64H84Cl2N2O14/c1-5-7-9-11-13-47-15-17-59(79-47)61-21-19-57(81-61)49-45-55-51(43-53(49)65)63-64(67(55)23-25-71-31-33-75-39-41-77-37-35-73-29-27-69-3)52-44-54(66)50(58-20-22-62(82-58)60-18-16-48(80-60)14-12-10-8-6-2)46-56(52)68(63)24-26-72-32-34-76-40-42-78-38-36-74-30-28-70-4/h15-22,43-46H,5-14,23-42H2,1-4H3. The molecule has 18 heteroatoms. The number of aryl methyl sites for hydroxylation is 2. The first-order valence-electron chi connectivity index (χ1n) is 29.4. The van der Waals surface area contributed by atoms with Crippen molar-refractivity contribution in [3.05, 3.63) is 94.4 Å². The van der Waals surface area contributed by atoms with Crippen molar-refractivity contribution in [2.45, 2.75) is 91.1 Å². The van der Waals surface area contributed by atoms with Crippen molar-refractivity contribution in [3.63, 3.8) is 0 Å². The topological polar surface area (TPSA) is 155 Å². The molecular formula is C64H84Cl2N2O14. The second-order valence-corrected chi connectivity index (χ2v) is 20.9. The summed E-state index contributed by atoms with van der Waals surface area (Å²) in [5, 5.41) is 2.98. The summed E-state index contributed by atoms with van der Waals surface area (Å²) in [7, 11) is 3.30. The number of unbranched alkanes of at least 4 members (excludes halogenated alkanes) is 6. The van der Waals surface area contributed by atoms with Gasteiger partial charge in [-0.2, -0.15) is 0 Å². The molecule has 0 aliphatic rings. The van der Waals surface area contributed by atoms with Gasteiger partial charge in [-0.3, -0.25) is 0 Å². The molecule has 448 valence electrons. The lowest BCUT2D eigenvalue weighted by molar-refractivity contribution is -0.00821. The van der Waals surface area contributed by atoms with Gasteiger partial charge in [0.15, 0.2) is 23.0 Å². The van der Waals surface area contributed by atoms with Gasteiger partial charge in [0.25, 0.3) is 0 Å². The second kappa shape index (κ2) is 34.8. The number of methoxy groups -OCH3 is 2. The largest absolute Gasteiger partial charge is 0.458 e. The predicted octanol–water partition coefficient (Wildman–Crippen LogP) is 14.8. The Morgan fingerprint density at radius 2 is 0.671 bits per heavy atom. The molecular weight excluding hydrogens is 1090 g/mol. The lowest BCUT2D eigenvalue weighted by Gasteiger charge is -2.12. The maximum Gasteiger partial charge on any atom is 0.170 e. The maximum atomic E-state index is 7.39. The summed E-state index contributed by atoms with van der Waals surface area (Å²) in [5.41, 5.74) is 5.36. The predicted molar refractivity (Wildman–Crippen MR) is 322 cm³/mol. The number of hydrogen-bond donors (Lipinski definition) is 0. The van der Waals surface area contributed by atoms with Gasteiger partial charge in [0.05, 0.1) is 151 Å². The Hall–Kier alpha value is -4.92. The molecule has 6 heterocycles.